The third-order valence-electron chi connectivity index (χ3n) is 3.59. The highest BCUT2D eigenvalue weighted by Crippen LogP contribution is 2.06. The van der Waals surface area contributed by atoms with E-state index in [1.807, 2.05) is 0 Å². The first-order chi connectivity index (χ1) is 8.76. The van der Waals surface area contributed by atoms with Crippen molar-refractivity contribution in [1.82, 2.24) is 15.1 Å². The van der Waals surface area contributed by atoms with Gasteiger partial charge in [0.1, 0.15) is 0 Å². The van der Waals surface area contributed by atoms with Crippen molar-refractivity contribution in [3.8, 4) is 6.07 Å². The van der Waals surface area contributed by atoms with Crippen LogP contribution in [-0.4, -0.2) is 62.2 Å². The Morgan fingerprint density at radius 2 is 2.06 bits per heavy atom. The van der Waals surface area contributed by atoms with Gasteiger partial charge >= 0.3 is 0 Å². The van der Waals surface area contributed by atoms with Crippen LogP contribution in [0.1, 0.15) is 32.6 Å². The molecule has 0 bridgehead atoms. The molecule has 1 aliphatic rings. The lowest BCUT2D eigenvalue weighted by Gasteiger charge is -2.22. The molecule has 1 unspecified atom stereocenters. The van der Waals surface area contributed by atoms with Crippen LogP contribution in [0.5, 0.6) is 0 Å². The van der Waals surface area contributed by atoms with E-state index in [1.54, 1.807) is 0 Å². The Morgan fingerprint density at radius 1 is 1.33 bits per heavy atom. The van der Waals surface area contributed by atoms with Crippen molar-refractivity contribution >= 4 is 0 Å². The van der Waals surface area contributed by atoms with Gasteiger partial charge in [0, 0.05) is 19.6 Å². The summed E-state index contributed by atoms with van der Waals surface area (Å²) in [6, 6.07) is 2.35. The number of rotatable bonds is 9. The van der Waals surface area contributed by atoms with Gasteiger partial charge in [0.25, 0.3) is 0 Å². The lowest BCUT2D eigenvalue weighted by Crippen LogP contribution is -2.35. The Labute approximate surface area is 112 Å². The minimum Gasteiger partial charge on any atom is -0.305 e. The second kappa shape index (κ2) is 9.32. The maximum Gasteiger partial charge on any atom is 0.0965 e. The molecular formula is C14H28N4. The fraction of sp³-hybridized carbons (Fsp3) is 0.929. The van der Waals surface area contributed by atoms with E-state index in [4.69, 9.17) is 5.26 Å². The first-order valence-electron chi connectivity index (χ1n) is 7.30. The van der Waals surface area contributed by atoms with Crippen LogP contribution in [-0.2, 0) is 0 Å². The van der Waals surface area contributed by atoms with Gasteiger partial charge in [-0.1, -0.05) is 6.92 Å². The van der Waals surface area contributed by atoms with E-state index in [-0.39, 0.29) is 6.04 Å². The molecular weight excluding hydrogens is 224 g/mol. The van der Waals surface area contributed by atoms with Gasteiger partial charge in [-0.2, -0.15) is 5.26 Å². The highest BCUT2D eigenvalue weighted by Gasteiger charge is 2.12. The average molecular weight is 252 g/mol. The molecule has 1 heterocycles. The molecule has 0 aromatic rings. The SMILES string of the molecule is CCCNC(C#N)CCN(C)CCN1CCCC1. The summed E-state index contributed by atoms with van der Waals surface area (Å²) in [5, 5.41) is 12.3. The molecule has 1 fully saturated rings. The smallest absolute Gasteiger partial charge is 0.0965 e. The van der Waals surface area contributed by atoms with Gasteiger partial charge in [0.2, 0.25) is 0 Å². The first kappa shape index (κ1) is 15.4. The number of nitrogens with one attached hydrogen (secondary N) is 1. The molecule has 1 aliphatic heterocycles. The maximum atomic E-state index is 9.03. The van der Waals surface area contributed by atoms with Gasteiger partial charge in [-0.15, -0.1) is 0 Å². The Morgan fingerprint density at radius 3 is 2.67 bits per heavy atom. The molecule has 0 saturated carbocycles. The number of likely N-dealkylation sites (N-methyl/N-ethyl adjacent to an activating group) is 1. The zero-order chi connectivity index (χ0) is 13.2. The molecule has 0 radical (unpaired) electrons. The lowest BCUT2D eigenvalue weighted by atomic mass is 10.2. The van der Waals surface area contributed by atoms with Crippen molar-refractivity contribution in [1.29, 1.82) is 5.26 Å². The largest absolute Gasteiger partial charge is 0.305 e. The van der Waals surface area contributed by atoms with E-state index < -0.39 is 0 Å². The highest BCUT2D eigenvalue weighted by molar-refractivity contribution is 4.89. The van der Waals surface area contributed by atoms with Gasteiger partial charge in [-0.25, -0.2) is 0 Å². The predicted molar refractivity (Wildman–Crippen MR) is 75.5 cm³/mol. The molecule has 1 rings (SSSR count). The zero-order valence-electron chi connectivity index (χ0n) is 12.0. The molecule has 1 N–H and O–H groups in total. The highest BCUT2D eigenvalue weighted by atomic mass is 15.2. The summed E-state index contributed by atoms with van der Waals surface area (Å²) in [5.74, 6) is 0. The van der Waals surface area contributed by atoms with E-state index >= 15 is 0 Å². The van der Waals surface area contributed by atoms with Crippen LogP contribution in [0.3, 0.4) is 0 Å². The number of nitriles is 1. The van der Waals surface area contributed by atoms with Gasteiger partial charge in [0.15, 0.2) is 0 Å². The molecule has 0 aromatic carbocycles. The van der Waals surface area contributed by atoms with Crippen LogP contribution in [0.4, 0.5) is 0 Å². The van der Waals surface area contributed by atoms with Crippen molar-refractivity contribution < 1.29 is 0 Å². The van der Waals surface area contributed by atoms with Crippen LogP contribution in [0.2, 0.25) is 0 Å². The minimum atomic E-state index is 0.0131. The molecule has 4 heteroatoms. The minimum absolute atomic E-state index is 0.0131. The average Bonchev–Trinajstić information content (AvgIpc) is 2.89. The van der Waals surface area contributed by atoms with Crippen molar-refractivity contribution in [3.63, 3.8) is 0 Å². The number of nitrogens with zero attached hydrogens (tertiary/aromatic N) is 3. The topological polar surface area (TPSA) is 42.3 Å². The molecule has 0 aliphatic carbocycles. The van der Waals surface area contributed by atoms with E-state index in [2.05, 4.69) is 35.2 Å². The zero-order valence-corrected chi connectivity index (χ0v) is 12.0. The van der Waals surface area contributed by atoms with E-state index in [9.17, 15) is 0 Å². The van der Waals surface area contributed by atoms with Crippen molar-refractivity contribution in [3.05, 3.63) is 0 Å². The van der Waals surface area contributed by atoms with Crippen molar-refractivity contribution in [2.45, 2.75) is 38.6 Å². The van der Waals surface area contributed by atoms with Crippen LogP contribution >= 0.6 is 0 Å². The maximum absolute atomic E-state index is 9.03. The Kier molecular flexibility index (Phi) is 7.99. The van der Waals surface area contributed by atoms with E-state index in [0.717, 1.165) is 32.5 Å². The monoisotopic (exact) mass is 252 g/mol. The second-order valence-electron chi connectivity index (χ2n) is 5.28. The molecule has 18 heavy (non-hydrogen) atoms. The Balaban J connectivity index is 2.07. The summed E-state index contributed by atoms with van der Waals surface area (Å²) in [4.78, 5) is 4.88. The lowest BCUT2D eigenvalue weighted by molar-refractivity contribution is 0.251. The van der Waals surface area contributed by atoms with E-state index in [0.29, 0.717) is 0 Å². The summed E-state index contributed by atoms with van der Waals surface area (Å²) in [5.41, 5.74) is 0. The Bertz CT molecular complexity index is 243. The first-order valence-corrected chi connectivity index (χ1v) is 7.30. The van der Waals surface area contributed by atoms with Crippen LogP contribution in [0.15, 0.2) is 0 Å². The number of hydrogen-bond acceptors (Lipinski definition) is 4. The van der Waals surface area contributed by atoms with Crippen molar-refractivity contribution in [2.75, 3.05) is 46.3 Å². The quantitative estimate of drug-likeness (QED) is 0.671. The summed E-state index contributed by atoms with van der Waals surface area (Å²) >= 11 is 0. The third kappa shape index (κ3) is 6.34. The molecule has 4 nitrogen and oxygen atoms in total. The molecule has 1 saturated heterocycles. The van der Waals surface area contributed by atoms with Crippen LogP contribution in [0.25, 0.3) is 0 Å². The van der Waals surface area contributed by atoms with Gasteiger partial charge in [-0.05, 0) is 52.4 Å². The summed E-state index contributed by atoms with van der Waals surface area (Å²) in [6.07, 6.45) is 4.73. The summed E-state index contributed by atoms with van der Waals surface area (Å²) in [6.45, 7) is 8.91. The molecule has 1 atom stereocenters. The van der Waals surface area contributed by atoms with Crippen LogP contribution in [0, 0.1) is 11.3 Å². The fourth-order valence-electron chi connectivity index (χ4n) is 2.31. The third-order valence-corrected chi connectivity index (χ3v) is 3.59. The number of likely N-dealkylation sites (tertiary alicyclic amines) is 1. The van der Waals surface area contributed by atoms with E-state index in [1.165, 1.54) is 32.5 Å². The molecule has 0 amide bonds. The van der Waals surface area contributed by atoms with Gasteiger partial charge in [-0.3, -0.25) is 0 Å². The standard InChI is InChI=1S/C14H28N4/c1-3-7-16-14(13-15)6-10-17(2)11-12-18-8-4-5-9-18/h14,16H,3-12H2,1-2H3. The Hall–Kier alpha value is -0.630. The summed E-state index contributed by atoms with van der Waals surface area (Å²) in [7, 11) is 2.16. The van der Waals surface area contributed by atoms with Gasteiger partial charge in [0.05, 0.1) is 12.1 Å². The van der Waals surface area contributed by atoms with Crippen molar-refractivity contribution in [2.24, 2.45) is 0 Å². The predicted octanol–water partition coefficient (Wildman–Crippen LogP) is 1.30. The molecule has 0 aromatic heterocycles. The normalized spacial score (nSPS) is 18.1. The van der Waals surface area contributed by atoms with Gasteiger partial charge < -0.3 is 15.1 Å². The fourth-order valence-corrected chi connectivity index (χ4v) is 2.31. The summed E-state index contributed by atoms with van der Waals surface area (Å²) < 4.78 is 0. The second-order valence-corrected chi connectivity index (χ2v) is 5.28. The molecule has 104 valence electrons. The van der Waals surface area contributed by atoms with Crippen LogP contribution < -0.4 is 5.32 Å². The number of hydrogen-bond donors (Lipinski definition) is 1. The molecule has 0 spiro atoms.